The van der Waals surface area contributed by atoms with Crippen LogP contribution < -0.4 is 0 Å². The summed E-state index contributed by atoms with van der Waals surface area (Å²) in [5, 5.41) is 9.66. The van der Waals surface area contributed by atoms with Gasteiger partial charge in [0, 0.05) is 41.9 Å². The van der Waals surface area contributed by atoms with Crippen LogP contribution in [0.4, 0.5) is 0 Å². The zero-order chi connectivity index (χ0) is 26.6. The average molecular weight is 513 g/mol. The van der Waals surface area contributed by atoms with Crippen LogP contribution in [0.5, 0.6) is 0 Å². The maximum absolute atomic E-state index is 12.5. The van der Waals surface area contributed by atoms with E-state index in [1.54, 1.807) is 0 Å². The lowest BCUT2D eigenvalue weighted by Gasteiger charge is -2.46. The van der Waals surface area contributed by atoms with Crippen LogP contribution in [0.15, 0.2) is 66.5 Å². The van der Waals surface area contributed by atoms with E-state index in [4.69, 9.17) is 21.4 Å². The van der Waals surface area contributed by atoms with Gasteiger partial charge in [0.15, 0.2) is 0 Å². The van der Waals surface area contributed by atoms with Crippen LogP contribution in [-0.4, -0.2) is 52.5 Å². The summed E-state index contributed by atoms with van der Waals surface area (Å²) in [6.45, 7) is 14.4. The molecule has 2 unspecified atom stereocenters. The van der Waals surface area contributed by atoms with Crippen LogP contribution in [0.2, 0.25) is 5.02 Å². The summed E-state index contributed by atoms with van der Waals surface area (Å²) in [6, 6.07) is 7.79. The summed E-state index contributed by atoms with van der Waals surface area (Å²) in [5.41, 5.74) is 3.72. The molecule has 1 amide bonds. The topological polar surface area (TPSA) is 70.1 Å². The SMILES string of the molecule is C=C(C)C1=CCC2OC(c3ccc(Cl)cc3)=CCC2N1C(=C)CCC(C)(C)CC(=O)N(C)CC(=O)O. The first-order chi connectivity index (χ1) is 16.9. The Morgan fingerprint density at radius 1 is 1.19 bits per heavy atom. The minimum Gasteiger partial charge on any atom is -0.488 e. The largest absolute Gasteiger partial charge is 0.488 e. The number of fused-ring (bicyclic) bond motifs is 1. The third kappa shape index (κ3) is 6.82. The highest BCUT2D eigenvalue weighted by molar-refractivity contribution is 6.30. The fourth-order valence-corrected chi connectivity index (χ4v) is 4.89. The van der Waals surface area contributed by atoms with E-state index in [0.29, 0.717) is 11.4 Å². The Morgan fingerprint density at radius 3 is 2.47 bits per heavy atom. The van der Waals surface area contributed by atoms with Crippen molar-refractivity contribution in [1.29, 1.82) is 0 Å². The lowest BCUT2D eigenvalue weighted by molar-refractivity contribution is -0.144. The highest BCUT2D eigenvalue weighted by Gasteiger charge is 2.38. The van der Waals surface area contributed by atoms with E-state index in [9.17, 15) is 9.59 Å². The Hall–Kier alpha value is -2.99. The van der Waals surface area contributed by atoms with Crippen LogP contribution in [-0.2, 0) is 14.3 Å². The number of ether oxygens (including phenoxy) is 1. The number of hydrogen-bond donors (Lipinski definition) is 1. The first kappa shape index (κ1) is 27.6. The smallest absolute Gasteiger partial charge is 0.323 e. The molecule has 2 atom stereocenters. The van der Waals surface area contributed by atoms with Crippen LogP contribution in [0, 0.1) is 5.41 Å². The molecule has 0 spiro atoms. The van der Waals surface area contributed by atoms with Crippen molar-refractivity contribution in [2.75, 3.05) is 13.6 Å². The summed E-state index contributed by atoms with van der Waals surface area (Å²) in [5.74, 6) is -0.316. The van der Waals surface area contributed by atoms with Gasteiger partial charge in [-0.25, -0.2) is 0 Å². The maximum Gasteiger partial charge on any atom is 0.323 e. The standard InChI is InChI=1S/C29H37ClN2O4/c1-19(2)23-11-14-26-24(12-13-25(36-26)21-7-9-22(30)10-8-21)32(23)20(3)15-16-29(4,5)17-27(33)31(6)18-28(34)35/h7-11,13,24,26H,1,3,12,14-18H2,2,4-6H3,(H,34,35). The van der Waals surface area contributed by atoms with Crippen molar-refractivity contribution in [3.63, 3.8) is 0 Å². The molecule has 1 aromatic carbocycles. The monoisotopic (exact) mass is 512 g/mol. The number of carboxylic acids is 1. The third-order valence-corrected chi connectivity index (χ3v) is 7.06. The highest BCUT2D eigenvalue weighted by Crippen LogP contribution is 2.40. The van der Waals surface area contributed by atoms with Crippen molar-refractivity contribution in [3.05, 3.63) is 77.1 Å². The molecule has 2 aliphatic rings. The molecule has 0 radical (unpaired) electrons. The number of carbonyl (C=O) groups is 2. The average Bonchev–Trinajstić information content (AvgIpc) is 2.81. The molecule has 0 saturated heterocycles. The van der Waals surface area contributed by atoms with E-state index in [2.05, 4.69) is 30.2 Å². The van der Waals surface area contributed by atoms with E-state index in [-0.39, 0.29) is 36.4 Å². The Labute approximate surface area is 219 Å². The molecule has 6 nitrogen and oxygen atoms in total. The molecule has 2 aliphatic heterocycles. The van der Waals surface area contributed by atoms with Gasteiger partial charge >= 0.3 is 5.97 Å². The molecule has 7 heteroatoms. The van der Waals surface area contributed by atoms with E-state index < -0.39 is 5.97 Å². The number of amides is 1. The number of allylic oxidation sites excluding steroid dienone is 2. The number of hydrogen-bond acceptors (Lipinski definition) is 4. The third-order valence-electron chi connectivity index (χ3n) is 6.81. The van der Waals surface area contributed by atoms with E-state index in [1.165, 1.54) is 11.9 Å². The second-order valence-electron chi connectivity index (χ2n) is 10.6. The number of halogens is 1. The van der Waals surface area contributed by atoms with Gasteiger partial charge in [-0.3, -0.25) is 9.59 Å². The summed E-state index contributed by atoms with van der Waals surface area (Å²) >= 11 is 6.05. The predicted octanol–water partition coefficient (Wildman–Crippen LogP) is 6.26. The van der Waals surface area contributed by atoms with Crippen LogP contribution >= 0.6 is 11.6 Å². The van der Waals surface area contributed by atoms with Crippen LogP contribution in [0.3, 0.4) is 0 Å². The minimum absolute atomic E-state index is 0.0141. The van der Waals surface area contributed by atoms with Gasteiger partial charge in [-0.15, -0.1) is 0 Å². The Balaban J connectivity index is 1.71. The van der Waals surface area contributed by atoms with Crippen LogP contribution in [0.1, 0.15) is 58.4 Å². The zero-order valence-corrected chi connectivity index (χ0v) is 22.5. The van der Waals surface area contributed by atoms with E-state index in [1.807, 2.05) is 45.0 Å². The Bertz CT molecular complexity index is 1090. The number of carboxylic acid groups (broad SMARTS) is 1. The maximum atomic E-state index is 12.5. The fourth-order valence-electron chi connectivity index (χ4n) is 4.76. The first-order valence-corrected chi connectivity index (χ1v) is 12.7. The van der Waals surface area contributed by atoms with Gasteiger partial charge in [-0.2, -0.15) is 0 Å². The van der Waals surface area contributed by atoms with Crippen molar-refractivity contribution >= 4 is 29.2 Å². The van der Waals surface area contributed by atoms with Gasteiger partial charge in [-0.05, 0) is 67.5 Å². The molecule has 0 fully saturated rings. The summed E-state index contributed by atoms with van der Waals surface area (Å²) < 4.78 is 6.44. The number of aliphatic carboxylic acids is 1. The molecule has 2 heterocycles. The van der Waals surface area contributed by atoms with Crippen molar-refractivity contribution in [3.8, 4) is 0 Å². The van der Waals surface area contributed by atoms with Crippen molar-refractivity contribution in [2.24, 2.45) is 5.41 Å². The highest BCUT2D eigenvalue weighted by atomic mass is 35.5. The number of benzene rings is 1. The fraction of sp³-hybridized carbons (Fsp3) is 0.448. The molecule has 0 saturated carbocycles. The lowest BCUT2D eigenvalue weighted by atomic mass is 9.82. The van der Waals surface area contributed by atoms with Gasteiger partial charge in [0.25, 0.3) is 0 Å². The second kappa shape index (κ2) is 11.4. The first-order valence-electron chi connectivity index (χ1n) is 12.3. The van der Waals surface area contributed by atoms with E-state index >= 15 is 0 Å². The number of nitrogens with zero attached hydrogens (tertiary/aromatic N) is 2. The quantitative estimate of drug-likeness (QED) is 0.401. The minimum atomic E-state index is -1.02. The molecular formula is C29H37ClN2O4. The van der Waals surface area contributed by atoms with Crippen molar-refractivity contribution < 1.29 is 19.4 Å². The summed E-state index contributed by atoms with van der Waals surface area (Å²) in [7, 11) is 1.53. The molecule has 194 valence electrons. The number of carbonyl (C=O) groups excluding carboxylic acids is 1. The molecule has 0 aromatic heterocycles. The predicted molar refractivity (Wildman–Crippen MR) is 144 cm³/mol. The van der Waals surface area contributed by atoms with Gasteiger partial charge in [0.1, 0.15) is 18.4 Å². The second-order valence-corrected chi connectivity index (χ2v) is 11.0. The van der Waals surface area contributed by atoms with Gasteiger partial charge < -0.3 is 19.6 Å². The lowest BCUT2D eigenvalue weighted by Crippen LogP contribution is -2.47. The molecule has 0 bridgehead atoms. The number of rotatable bonds is 10. The van der Waals surface area contributed by atoms with Crippen molar-refractivity contribution in [1.82, 2.24) is 9.80 Å². The molecule has 1 N–H and O–H groups in total. The van der Waals surface area contributed by atoms with Crippen LogP contribution in [0.25, 0.3) is 5.76 Å². The van der Waals surface area contributed by atoms with Crippen molar-refractivity contribution in [2.45, 2.75) is 65.0 Å². The Morgan fingerprint density at radius 2 is 1.86 bits per heavy atom. The molecule has 0 aliphatic carbocycles. The van der Waals surface area contributed by atoms with Gasteiger partial charge in [-0.1, -0.05) is 44.7 Å². The Kier molecular flexibility index (Phi) is 8.72. The molecule has 3 rings (SSSR count). The molecular weight excluding hydrogens is 476 g/mol. The zero-order valence-electron chi connectivity index (χ0n) is 21.7. The normalized spacial score (nSPS) is 19.4. The van der Waals surface area contributed by atoms with Gasteiger partial charge in [0.05, 0.1) is 6.04 Å². The van der Waals surface area contributed by atoms with Gasteiger partial charge in [0.2, 0.25) is 5.91 Å². The molecule has 36 heavy (non-hydrogen) atoms. The molecule has 1 aromatic rings. The number of likely N-dealkylation sites (N-methyl/N-ethyl adjacent to an activating group) is 1. The summed E-state index contributed by atoms with van der Waals surface area (Å²) in [6.07, 6.45) is 7.61. The van der Waals surface area contributed by atoms with E-state index in [0.717, 1.165) is 47.6 Å². The summed E-state index contributed by atoms with van der Waals surface area (Å²) in [4.78, 5) is 27.0.